The Morgan fingerprint density at radius 3 is 2.11 bits per heavy atom. The summed E-state index contributed by atoms with van der Waals surface area (Å²) in [5, 5.41) is 10.4. The molecular formula is C14H11ClF2O. The van der Waals surface area contributed by atoms with Crippen LogP contribution in [0.25, 0.3) is 11.1 Å². The molecule has 0 saturated heterocycles. The lowest BCUT2D eigenvalue weighted by Gasteiger charge is -2.13. The fourth-order valence-corrected chi connectivity index (χ4v) is 2.15. The molecule has 0 atom stereocenters. The van der Waals surface area contributed by atoms with Crippen LogP contribution in [0.1, 0.15) is 11.1 Å². The van der Waals surface area contributed by atoms with Crippen molar-refractivity contribution in [1.29, 1.82) is 0 Å². The van der Waals surface area contributed by atoms with Gasteiger partial charge in [0.2, 0.25) is 0 Å². The highest BCUT2D eigenvalue weighted by atomic mass is 35.5. The standard InChI is InChI=1S/C14H11ClF2O/c1-7-3-12(18)13(8(2)14(7)15)9-4-10(16)6-11(17)5-9/h3-6,18H,1-2H3. The predicted molar refractivity (Wildman–Crippen MR) is 67.9 cm³/mol. The molecule has 0 aliphatic rings. The normalized spacial score (nSPS) is 10.7. The number of aryl methyl sites for hydroxylation is 1. The fourth-order valence-electron chi connectivity index (χ4n) is 2.00. The van der Waals surface area contributed by atoms with Gasteiger partial charge in [-0.15, -0.1) is 0 Å². The molecule has 0 saturated carbocycles. The van der Waals surface area contributed by atoms with E-state index in [9.17, 15) is 13.9 Å². The highest BCUT2D eigenvalue weighted by Gasteiger charge is 2.14. The molecular weight excluding hydrogens is 258 g/mol. The molecule has 2 rings (SSSR count). The Hall–Kier alpha value is -1.61. The van der Waals surface area contributed by atoms with Gasteiger partial charge in [0.05, 0.1) is 0 Å². The van der Waals surface area contributed by atoms with Gasteiger partial charge in [0, 0.05) is 16.7 Å². The number of aromatic hydroxyl groups is 1. The molecule has 18 heavy (non-hydrogen) atoms. The lowest BCUT2D eigenvalue weighted by Crippen LogP contribution is -1.91. The summed E-state index contributed by atoms with van der Waals surface area (Å²) in [5.41, 5.74) is 1.93. The van der Waals surface area contributed by atoms with Crippen molar-refractivity contribution in [1.82, 2.24) is 0 Å². The summed E-state index contributed by atoms with van der Waals surface area (Å²) in [4.78, 5) is 0. The summed E-state index contributed by atoms with van der Waals surface area (Å²) in [6.45, 7) is 3.46. The first-order chi connectivity index (χ1) is 8.40. The van der Waals surface area contributed by atoms with Crippen molar-refractivity contribution in [3.8, 4) is 16.9 Å². The van der Waals surface area contributed by atoms with Crippen LogP contribution in [0.15, 0.2) is 24.3 Å². The van der Waals surface area contributed by atoms with Crippen molar-refractivity contribution in [3.63, 3.8) is 0 Å². The summed E-state index contributed by atoms with van der Waals surface area (Å²) in [7, 11) is 0. The quantitative estimate of drug-likeness (QED) is 0.801. The van der Waals surface area contributed by atoms with Gasteiger partial charge < -0.3 is 5.11 Å². The van der Waals surface area contributed by atoms with E-state index >= 15 is 0 Å². The average Bonchev–Trinajstić information content (AvgIpc) is 2.24. The zero-order valence-electron chi connectivity index (χ0n) is 9.89. The summed E-state index contributed by atoms with van der Waals surface area (Å²) in [6, 6.07) is 4.59. The maximum Gasteiger partial charge on any atom is 0.126 e. The molecule has 0 aromatic heterocycles. The number of hydrogen-bond acceptors (Lipinski definition) is 1. The zero-order chi connectivity index (χ0) is 13.4. The molecule has 0 fully saturated rings. The lowest BCUT2D eigenvalue weighted by atomic mass is 9.97. The van der Waals surface area contributed by atoms with Crippen LogP contribution in [0.5, 0.6) is 5.75 Å². The van der Waals surface area contributed by atoms with E-state index < -0.39 is 11.6 Å². The third-order valence-corrected chi connectivity index (χ3v) is 3.39. The Kier molecular flexibility index (Phi) is 3.26. The largest absolute Gasteiger partial charge is 0.507 e. The Balaban J connectivity index is 2.75. The molecule has 0 heterocycles. The first kappa shape index (κ1) is 12.8. The minimum atomic E-state index is -0.694. The number of halogens is 3. The van der Waals surface area contributed by atoms with Gasteiger partial charge in [-0.25, -0.2) is 8.78 Å². The van der Waals surface area contributed by atoms with Gasteiger partial charge in [-0.1, -0.05) is 11.6 Å². The van der Waals surface area contributed by atoms with Crippen molar-refractivity contribution in [2.75, 3.05) is 0 Å². The second-order valence-electron chi connectivity index (χ2n) is 4.18. The number of hydrogen-bond donors (Lipinski definition) is 1. The summed E-state index contributed by atoms with van der Waals surface area (Å²) in [5.74, 6) is -1.43. The Bertz CT molecular complexity index is 603. The van der Waals surface area contributed by atoms with Gasteiger partial charge in [-0.2, -0.15) is 0 Å². The van der Waals surface area contributed by atoms with Gasteiger partial charge in [-0.05, 0) is 48.7 Å². The van der Waals surface area contributed by atoms with Crippen LogP contribution < -0.4 is 0 Å². The van der Waals surface area contributed by atoms with E-state index in [0.717, 1.165) is 18.2 Å². The van der Waals surface area contributed by atoms with Crippen LogP contribution in [0.2, 0.25) is 5.02 Å². The van der Waals surface area contributed by atoms with Gasteiger partial charge in [0.1, 0.15) is 17.4 Å². The van der Waals surface area contributed by atoms with E-state index in [1.165, 1.54) is 6.07 Å². The van der Waals surface area contributed by atoms with E-state index in [2.05, 4.69) is 0 Å². The Morgan fingerprint density at radius 2 is 1.56 bits per heavy atom. The van der Waals surface area contributed by atoms with Gasteiger partial charge >= 0.3 is 0 Å². The van der Waals surface area contributed by atoms with Crippen molar-refractivity contribution >= 4 is 11.6 Å². The topological polar surface area (TPSA) is 20.2 Å². The Labute approximate surface area is 109 Å². The lowest BCUT2D eigenvalue weighted by molar-refractivity contribution is 0.476. The van der Waals surface area contributed by atoms with E-state index in [1.54, 1.807) is 13.8 Å². The average molecular weight is 269 g/mol. The molecule has 1 nitrogen and oxygen atoms in total. The molecule has 2 aromatic rings. The number of benzene rings is 2. The molecule has 1 N–H and O–H groups in total. The first-order valence-corrected chi connectivity index (χ1v) is 5.73. The van der Waals surface area contributed by atoms with Gasteiger partial charge in [0.15, 0.2) is 0 Å². The fraction of sp³-hybridized carbons (Fsp3) is 0.143. The maximum atomic E-state index is 13.2. The van der Waals surface area contributed by atoms with E-state index in [4.69, 9.17) is 11.6 Å². The van der Waals surface area contributed by atoms with E-state index in [1.807, 2.05) is 0 Å². The number of rotatable bonds is 1. The van der Waals surface area contributed by atoms with Crippen LogP contribution in [-0.4, -0.2) is 5.11 Å². The third-order valence-electron chi connectivity index (χ3n) is 2.81. The molecule has 0 spiro atoms. The first-order valence-electron chi connectivity index (χ1n) is 5.35. The second-order valence-corrected chi connectivity index (χ2v) is 4.56. The molecule has 0 bridgehead atoms. The highest BCUT2D eigenvalue weighted by molar-refractivity contribution is 6.32. The minimum absolute atomic E-state index is 0.0422. The van der Waals surface area contributed by atoms with Crippen molar-refractivity contribution < 1.29 is 13.9 Å². The zero-order valence-corrected chi connectivity index (χ0v) is 10.6. The highest BCUT2D eigenvalue weighted by Crippen LogP contribution is 2.38. The minimum Gasteiger partial charge on any atom is -0.507 e. The summed E-state index contributed by atoms with van der Waals surface area (Å²) >= 11 is 6.09. The van der Waals surface area contributed by atoms with Crippen LogP contribution in [0.3, 0.4) is 0 Å². The monoisotopic (exact) mass is 268 g/mol. The molecule has 0 aliphatic carbocycles. The van der Waals surface area contributed by atoms with E-state index in [0.29, 0.717) is 21.7 Å². The summed E-state index contributed by atoms with van der Waals surface area (Å²) < 4.78 is 26.4. The number of phenols is 1. The summed E-state index contributed by atoms with van der Waals surface area (Å²) in [6.07, 6.45) is 0. The molecule has 4 heteroatoms. The molecule has 0 unspecified atom stereocenters. The van der Waals surface area contributed by atoms with Gasteiger partial charge in [-0.3, -0.25) is 0 Å². The van der Waals surface area contributed by atoms with Crippen molar-refractivity contribution in [2.45, 2.75) is 13.8 Å². The van der Waals surface area contributed by atoms with Crippen LogP contribution in [0, 0.1) is 25.5 Å². The molecule has 0 aliphatic heterocycles. The number of phenolic OH excluding ortho intramolecular Hbond substituents is 1. The molecule has 2 aromatic carbocycles. The van der Waals surface area contributed by atoms with Gasteiger partial charge in [0.25, 0.3) is 0 Å². The second kappa shape index (κ2) is 4.58. The molecule has 0 amide bonds. The van der Waals surface area contributed by atoms with Crippen LogP contribution in [-0.2, 0) is 0 Å². The molecule has 94 valence electrons. The maximum absolute atomic E-state index is 13.2. The molecule has 0 radical (unpaired) electrons. The van der Waals surface area contributed by atoms with Crippen molar-refractivity contribution in [2.24, 2.45) is 0 Å². The smallest absolute Gasteiger partial charge is 0.126 e. The van der Waals surface area contributed by atoms with Crippen LogP contribution in [0.4, 0.5) is 8.78 Å². The van der Waals surface area contributed by atoms with Crippen LogP contribution >= 0.6 is 11.6 Å². The SMILES string of the molecule is Cc1cc(O)c(-c2cc(F)cc(F)c2)c(C)c1Cl. The van der Waals surface area contributed by atoms with Crippen molar-refractivity contribution in [3.05, 3.63) is 52.0 Å². The van der Waals surface area contributed by atoms with E-state index in [-0.39, 0.29) is 11.3 Å². The third kappa shape index (κ3) is 2.18. The Morgan fingerprint density at radius 1 is 1.00 bits per heavy atom. The predicted octanol–water partition coefficient (Wildman–Crippen LogP) is 4.61.